The molecule has 0 unspecified atom stereocenters. The third-order valence-corrected chi connectivity index (χ3v) is 10.2. The Kier molecular flexibility index (Phi) is 8.05. The van der Waals surface area contributed by atoms with Crippen LogP contribution in [0.2, 0.25) is 0 Å². The number of hydrogen-bond acceptors (Lipinski definition) is 3. The summed E-state index contributed by atoms with van der Waals surface area (Å²) in [6.45, 7) is 14.2. The van der Waals surface area contributed by atoms with Gasteiger partial charge in [0.1, 0.15) is 12.6 Å². The predicted molar refractivity (Wildman–Crippen MR) is 166 cm³/mol. The highest BCUT2D eigenvalue weighted by atomic mass is 31.1. The van der Waals surface area contributed by atoms with Crippen LogP contribution in [0.5, 0.6) is 0 Å². The number of benzene rings is 3. The molecule has 0 aromatic heterocycles. The summed E-state index contributed by atoms with van der Waals surface area (Å²) in [5, 5.41) is 2.50. The van der Waals surface area contributed by atoms with Gasteiger partial charge in [0.15, 0.2) is 0 Å². The monoisotopic (exact) mass is 541 g/mol. The van der Waals surface area contributed by atoms with Gasteiger partial charge in [-0.05, 0) is 46.9 Å². The van der Waals surface area contributed by atoms with Gasteiger partial charge < -0.3 is 9.26 Å². The topological polar surface area (TPSA) is 30.8 Å². The largest absolute Gasteiger partial charge is 0.475 e. The van der Waals surface area contributed by atoms with Crippen molar-refractivity contribution in [3.05, 3.63) is 95.6 Å². The number of ether oxygens (including phenoxy) is 1. The fourth-order valence-electron chi connectivity index (χ4n) is 5.62. The zero-order chi connectivity index (χ0) is 27.7. The lowest BCUT2D eigenvalue weighted by atomic mass is 9.79. The van der Waals surface area contributed by atoms with Gasteiger partial charge in [-0.3, -0.25) is 0 Å². The fourth-order valence-corrected chi connectivity index (χ4v) is 7.68. The van der Waals surface area contributed by atoms with Gasteiger partial charge in [0.2, 0.25) is 5.90 Å². The van der Waals surface area contributed by atoms with Crippen molar-refractivity contribution in [2.75, 3.05) is 6.61 Å². The smallest absolute Gasteiger partial charge is 0.216 e. The normalized spacial score (nSPS) is 19.6. The van der Waals surface area contributed by atoms with Crippen LogP contribution in [-0.2, 0) is 20.1 Å². The van der Waals surface area contributed by atoms with Crippen LogP contribution in [0.3, 0.4) is 0 Å². The summed E-state index contributed by atoms with van der Waals surface area (Å²) in [5.41, 5.74) is 3.49. The first-order chi connectivity index (χ1) is 18.6. The van der Waals surface area contributed by atoms with Gasteiger partial charge in [0, 0.05) is 16.2 Å². The summed E-state index contributed by atoms with van der Waals surface area (Å²) in [5.74, 6) is 0.772. The maximum Gasteiger partial charge on any atom is 0.216 e. The van der Waals surface area contributed by atoms with Gasteiger partial charge in [-0.15, -0.1) is 0 Å². The van der Waals surface area contributed by atoms with Crippen LogP contribution in [0.1, 0.15) is 90.3 Å². The Labute approximate surface area is 236 Å². The molecule has 0 saturated heterocycles. The Balaban J connectivity index is 1.53. The van der Waals surface area contributed by atoms with Gasteiger partial charge in [0.25, 0.3) is 0 Å². The molecule has 1 fully saturated rings. The van der Waals surface area contributed by atoms with Gasteiger partial charge >= 0.3 is 0 Å². The molecule has 2 aliphatic rings. The SMILES string of the molecule is CC(C)(C)c1cc(C2=N[C@H](C3(OP(c4ccccc4)c4ccccc4)CCCCC3)CO2)cc(C(C)(C)C)c1. The lowest BCUT2D eigenvalue weighted by Gasteiger charge is -2.42. The molecule has 1 heterocycles. The van der Waals surface area contributed by atoms with E-state index in [-0.39, 0.29) is 22.5 Å². The van der Waals surface area contributed by atoms with Crippen LogP contribution in [0.4, 0.5) is 0 Å². The molecule has 1 aliphatic heterocycles. The van der Waals surface area contributed by atoms with Crippen LogP contribution in [-0.4, -0.2) is 24.1 Å². The Bertz CT molecular complexity index is 1210. The molecule has 3 aromatic carbocycles. The minimum Gasteiger partial charge on any atom is -0.475 e. The van der Waals surface area contributed by atoms with E-state index in [0.717, 1.165) is 24.3 Å². The van der Waals surface area contributed by atoms with Crippen molar-refractivity contribution in [2.24, 2.45) is 4.99 Å². The summed E-state index contributed by atoms with van der Waals surface area (Å²) in [4.78, 5) is 5.32. The summed E-state index contributed by atoms with van der Waals surface area (Å²) < 4.78 is 13.8. The predicted octanol–water partition coefficient (Wildman–Crippen LogP) is 8.19. The van der Waals surface area contributed by atoms with Crippen LogP contribution >= 0.6 is 8.15 Å². The number of aliphatic imine (C=N–C) groups is 1. The van der Waals surface area contributed by atoms with Gasteiger partial charge in [-0.2, -0.15) is 0 Å². The molecule has 1 aliphatic carbocycles. The molecule has 3 aromatic rings. The Hall–Kier alpha value is -2.48. The quantitative estimate of drug-likeness (QED) is 0.295. The molecular formula is C35H44NO2P. The number of hydrogen-bond donors (Lipinski definition) is 0. The van der Waals surface area contributed by atoms with Crippen molar-refractivity contribution in [1.29, 1.82) is 0 Å². The van der Waals surface area contributed by atoms with E-state index in [1.165, 1.54) is 41.0 Å². The second-order valence-electron chi connectivity index (χ2n) is 13.2. The number of nitrogens with zero attached hydrogens (tertiary/aromatic N) is 1. The zero-order valence-corrected chi connectivity index (χ0v) is 25.4. The van der Waals surface area contributed by atoms with Crippen molar-refractivity contribution >= 4 is 24.7 Å². The second kappa shape index (κ2) is 11.2. The molecule has 3 nitrogen and oxygen atoms in total. The van der Waals surface area contributed by atoms with E-state index in [4.69, 9.17) is 14.3 Å². The lowest BCUT2D eigenvalue weighted by Crippen LogP contribution is -2.46. The maximum absolute atomic E-state index is 7.35. The fraction of sp³-hybridized carbons (Fsp3) is 0.457. The molecule has 1 atom stereocenters. The van der Waals surface area contributed by atoms with Crippen molar-refractivity contribution < 1.29 is 9.26 Å². The van der Waals surface area contributed by atoms with E-state index in [1.807, 2.05) is 0 Å². The van der Waals surface area contributed by atoms with Gasteiger partial charge in [-0.1, -0.05) is 128 Å². The molecule has 1 saturated carbocycles. The van der Waals surface area contributed by atoms with Crippen LogP contribution < -0.4 is 10.6 Å². The highest BCUT2D eigenvalue weighted by Crippen LogP contribution is 2.48. The molecule has 0 amide bonds. The lowest BCUT2D eigenvalue weighted by molar-refractivity contribution is 0.0127. The van der Waals surface area contributed by atoms with E-state index in [0.29, 0.717) is 6.61 Å². The van der Waals surface area contributed by atoms with E-state index < -0.39 is 8.15 Å². The van der Waals surface area contributed by atoms with E-state index >= 15 is 0 Å². The highest BCUT2D eigenvalue weighted by Gasteiger charge is 2.46. The van der Waals surface area contributed by atoms with Gasteiger partial charge in [0.05, 0.1) is 13.7 Å². The second-order valence-corrected chi connectivity index (χ2v) is 15.0. The first-order valence-electron chi connectivity index (χ1n) is 14.5. The number of rotatable bonds is 6. The Morgan fingerprint density at radius 1 is 0.744 bits per heavy atom. The minimum absolute atomic E-state index is 0.0124. The first kappa shape index (κ1) is 28.1. The molecule has 206 valence electrons. The maximum atomic E-state index is 7.35. The van der Waals surface area contributed by atoms with Crippen molar-refractivity contribution in [2.45, 2.75) is 96.1 Å². The summed E-state index contributed by atoms with van der Waals surface area (Å²) in [6.07, 6.45) is 5.63. The van der Waals surface area contributed by atoms with Gasteiger partial charge in [-0.25, -0.2) is 4.99 Å². The molecule has 39 heavy (non-hydrogen) atoms. The van der Waals surface area contributed by atoms with E-state index in [2.05, 4.69) is 120 Å². The van der Waals surface area contributed by atoms with Crippen LogP contribution in [0.15, 0.2) is 83.9 Å². The molecular weight excluding hydrogens is 497 g/mol. The Morgan fingerprint density at radius 3 is 1.74 bits per heavy atom. The molecule has 0 bridgehead atoms. The summed E-state index contributed by atoms with van der Waals surface area (Å²) >= 11 is 0. The van der Waals surface area contributed by atoms with Crippen LogP contribution in [0, 0.1) is 0 Å². The molecule has 0 radical (unpaired) electrons. The molecule has 0 spiro atoms. The summed E-state index contributed by atoms with van der Waals surface area (Å²) in [7, 11) is -0.973. The Morgan fingerprint density at radius 2 is 1.26 bits per heavy atom. The summed E-state index contributed by atoms with van der Waals surface area (Å²) in [6, 6.07) is 28.4. The van der Waals surface area contributed by atoms with E-state index in [1.54, 1.807) is 0 Å². The van der Waals surface area contributed by atoms with E-state index in [9.17, 15) is 0 Å². The minimum atomic E-state index is -0.973. The van der Waals surface area contributed by atoms with Crippen molar-refractivity contribution in [3.63, 3.8) is 0 Å². The average molecular weight is 542 g/mol. The third-order valence-electron chi connectivity index (χ3n) is 8.12. The van der Waals surface area contributed by atoms with Crippen LogP contribution in [0.25, 0.3) is 0 Å². The standard InChI is InChI=1S/C35H44NO2P/c1-33(2,3)27-22-26(23-28(24-27)34(4,5)6)32-36-31(25-37-32)35(20-14-9-15-21-35)38-39(29-16-10-7-11-17-29)30-18-12-8-13-19-30/h7-8,10-13,16-19,22-24,31H,9,14-15,20-21,25H2,1-6H3/t31-/m0/s1. The first-order valence-corrected chi connectivity index (χ1v) is 15.8. The van der Waals surface area contributed by atoms with Crippen molar-refractivity contribution in [1.82, 2.24) is 0 Å². The third kappa shape index (κ3) is 6.31. The molecule has 5 rings (SSSR count). The molecule has 0 N–H and O–H groups in total. The zero-order valence-electron chi connectivity index (χ0n) is 24.5. The molecule has 4 heteroatoms. The highest BCUT2D eigenvalue weighted by molar-refractivity contribution is 7.68. The average Bonchev–Trinajstić information content (AvgIpc) is 3.43. The van der Waals surface area contributed by atoms with Crippen molar-refractivity contribution in [3.8, 4) is 0 Å².